The van der Waals surface area contributed by atoms with Gasteiger partial charge in [-0.3, -0.25) is 0 Å². The molecule has 2 rings (SSSR count). The topological polar surface area (TPSA) is 35.2 Å². The Labute approximate surface area is 117 Å². The summed E-state index contributed by atoms with van der Waals surface area (Å²) in [7, 11) is 0. The molecule has 0 bridgehead atoms. The van der Waals surface area contributed by atoms with Gasteiger partial charge in [-0.05, 0) is 23.8 Å². The van der Waals surface area contributed by atoms with Crippen LogP contribution in [-0.2, 0) is 0 Å². The molecule has 100 valence electrons. The van der Waals surface area contributed by atoms with Crippen LogP contribution < -0.4 is 10.5 Å². The largest absolute Gasteiger partial charge is 0.493 e. The Morgan fingerprint density at radius 2 is 1.95 bits per heavy atom. The van der Waals surface area contributed by atoms with Crippen molar-refractivity contribution in [2.45, 2.75) is 5.92 Å². The summed E-state index contributed by atoms with van der Waals surface area (Å²) in [6.07, 6.45) is 0. The fourth-order valence-corrected chi connectivity index (χ4v) is 2.13. The Hall–Kier alpha value is -1.58. The third kappa shape index (κ3) is 3.69. The highest BCUT2D eigenvalue weighted by atomic mass is 35.5. The highest BCUT2D eigenvalue weighted by Crippen LogP contribution is 2.24. The van der Waals surface area contributed by atoms with Gasteiger partial charge in [-0.25, -0.2) is 4.39 Å². The molecule has 0 aromatic heterocycles. The summed E-state index contributed by atoms with van der Waals surface area (Å²) >= 11 is 6.13. The van der Waals surface area contributed by atoms with E-state index in [1.807, 2.05) is 24.3 Å². The molecule has 0 heterocycles. The number of rotatable bonds is 5. The molecule has 2 aromatic rings. The maximum atomic E-state index is 13.0. The zero-order valence-electron chi connectivity index (χ0n) is 10.4. The van der Waals surface area contributed by atoms with Crippen LogP contribution in [0.1, 0.15) is 11.5 Å². The molecule has 0 amide bonds. The number of hydrogen-bond donors (Lipinski definition) is 1. The van der Waals surface area contributed by atoms with Crippen molar-refractivity contribution in [2.75, 3.05) is 13.2 Å². The first-order valence-corrected chi connectivity index (χ1v) is 6.41. The standard InChI is InChI=1S/C15H15ClFNO/c16-15-7-2-1-6-14(15)11(9-18)10-19-13-5-3-4-12(17)8-13/h1-8,11H,9-10,18H2. The van der Waals surface area contributed by atoms with E-state index in [9.17, 15) is 4.39 Å². The van der Waals surface area contributed by atoms with Crippen molar-refractivity contribution in [1.29, 1.82) is 0 Å². The van der Waals surface area contributed by atoms with Gasteiger partial charge in [0.2, 0.25) is 0 Å². The molecule has 1 atom stereocenters. The molecule has 0 radical (unpaired) electrons. The molecule has 4 heteroatoms. The van der Waals surface area contributed by atoms with Gasteiger partial charge in [0.25, 0.3) is 0 Å². The van der Waals surface area contributed by atoms with Crippen LogP contribution in [0.4, 0.5) is 4.39 Å². The summed E-state index contributed by atoms with van der Waals surface area (Å²) in [5, 5.41) is 0.667. The smallest absolute Gasteiger partial charge is 0.126 e. The summed E-state index contributed by atoms with van der Waals surface area (Å²) in [6, 6.07) is 13.6. The first kappa shape index (κ1) is 13.8. The Morgan fingerprint density at radius 1 is 1.16 bits per heavy atom. The van der Waals surface area contributed by atoms with Gasteiger partial charge in [-0.15, -0.1) is 0 Å². The van der Waals surface area contributed by atoms with Crippen LogP contribution in [0.5, 0.6) is 5.75 Å². The van der Waals surface area contributed by atoms with E-state index in [4.69, 9.17) is 22.1 Å². The monoisotopic (exact) mass is 279 g/mol. The van der Waals surface area contributed by atoms with Crippen LogP contribution in [0, 0.1) is 5.82 Å². The van der Waals surface area contributed by atoms with Crippen molar-refractivity contribution in [3.05, 3.63) is 64.9 Å². The second-order valence-corrected chi connectivity index (χ2v) is 4.63. The normalized spacial score (nSPS) is 12.2. The number of nitrogens with two attached hydrogens (primary N) is 1. The fourth-order valence-electron chi connectivity index (χ4n) is 1.84. The van der Waals surface area contributed by atoms with Gasteiger partial charge < -0.3 is 10.5 Å². The zero-order valence-corrected chi connectivity index (χ0v) is 11.1. The second kappa shape index (κ2) is 6.55. The molecule has 0 saturated carbocycles. The Morgan fingerprint density at radius 3 is 2.63 bits per heavy atom. The number of hydrogen-bond acceptors (Lipinski definition) is 2. The van der Waals surface area contributed by atoms with E-state index in [-0.39, 0.29) is 11.7 Å². The van der Waals surface area contributed by atoms with Crippen molar-refractivity contribution < 1.29 is 9.13 Å². The molecule has 0 aliphatic carbocycles. The minimum Gasteiger partial charge on any atom is -0.493 e. The SMILES string of the molecule is NCC(COc1cccc(F)c1)c1ccccc1Cl. The highest BCUT2D eigenvalue weighted by molar-refractivity contribution is 6.31. The quantitative estimate of drug-likeness (QED) is 0.908. The molecular weight excluding hydrogens is 265 g/mol. The van der Waals surface area contributed by atoms with Gasteiger partial charge in [0, 0.05) is 23.6 Å². The van der Waals surface area contributed by atoms with Gasteiger partial charge in [0.05, 0.1) is 6.61 Å². The summed E-state index contributed by atoms with van der Waals surface area (Å²) < 4.78 is 18.6. The lowest BCUT2D eigenvalue weighted by molar-refractivity contribution is 0.289. The predicted octanol–water partition coefficient (Wildman–Crippen LogP) is 3.60. The molecule has 2 nitrogen and oxygen atoms in total. The van der Waals surface area contributed by atoms with E-state index >= 15 is 0 Å². The summed E-state index contributed by atoms with van der Waals surface area (Å²) in [5.41, 5.74) is 6.70. The fraction of sp³-hybridized carbons (Fsp3) is 0.200. The van der Waals surface area contributed by atoms with Crippen LogP contribution in [0.3, 0.4) is 0 Å². The van der Waals surface area contributed by atoms with Crippen LogP contribution in [0.25, 0.3) is 0 Å². The van der Waals surface area contributed by atoms with Crippen LogP contribution in [0.2, 0.25) is 5.02 Å². The molecule has 0 fully saturated rings. The molecular formula is C15H15ClFNO. The summed E-state index contributed by atoms with van der Waals surface area (Å²) in [6.45, 7) is 0.780. The lowest BCUT2D eigenvalue weighted by atomic mass is 10.0. The van der Waals surface area contributed by atoms with Gasteiger partial charge in [0.15, 0.2) is 0 Å². The molecule has 0 aliphatic heterocycles. The molecule has 2 aromatic carbocycles. The first-order valence-electron chi connectivity index (χ1n) is 6.03. The van der Waals surface area contributed by atoms with Crippen LogP contribution in [-0.4, -0.2) is 13.2 Å². The first-order chi connectivity index (χ1) is 9.20. The summed E-state index contributed by atoms with van der Waals surface area (Å²) in [5.74, 6) is 0.155. The molecule has 0 aliphatic rings. The summed E-state index contributed by atoms with van der Waals surface area (Å²) in [4.78, 5) is 0. The predicted molar refractivity (Wildman–Crippen MR) is 75.1 cm³/mol. The van der Waals surface area contributed by atoms with Crippen molar-refractivity contribution in [1.82, 2.24) is 0 Å². The highest BCUT2D eigenvalue weighted by Gasteiger charge is 2.13. The van der Waals surface area contributed by atoms with Crippen molar-refractivity contribution >= 4 is 11.6 Å². The van der Waals surface area contributed by atoms with E-state index in [1.165, 1.54) is 12.1 Å². The van der Waals surface area contributed by atoms with E-state index in [0.717, 1.165) is 5.56 Å². The minimum atomic E-state index is -0.320. The van der Waals surface area contributed by atoms with Gasteiger partial charge >= 0.3 is 0 Å². The van der Waals surface area contributed by atoms with Crippen molar-refractivity contribution in [3.8, 4) is 5.75 Å². The molecule has 0 saturated heterocycles. The van der Waals surface area contributed by atoms with E-state index in [1.54, 1.807) is 12.1 Å². The van der Waals surface area contributed by atoms with E-state index in [0.29, 0.717) is 23.9 Å². The number of benzene rings is 2. The molecule has 1 unspecified atom stereocenters. The Bertz CT molecular complexity index is 547. The van der Waals surface area contributed by atoms with Crippen LogP contribution in [0.15, 0.2) is 48.5 Å². The average molecular weight is 280 g/mol. The number of halogens is 2. The third-order valence-electron chi connectivity index (χ3n) is 2.88. The van der Waals surface area contributed by atoms with Crippen molar-refractivity contribution in [2.24, 2.45) is 5.73 Å². The third-order valence-corrected chi connectivity index (χ3v) is 3.22. The van der Waals surface area contributed by atoms with Gasteiger partial charge in [0.1, 0.15) is 11.6 Å². The second-order valence-electron chi connectivity index (χ2n) is 4.22. The van der Waals surface area contributed by atoms with Crippen molar-refractivity contribution in [3.63, 3.8) is 0 Å². The maximum absolute atomic E-state index is 13.0. The average Bonchev–Trinajstić information content (AvgIpc) is 2.41. The maximum Gasteiger partial charge on any atom is 0.126 e. The zero-order chi connectivity index (χ0) is 13.7. The van der Waals surface area contributed by atoms with Gasteiger partial charge in [-0.1, -0.05) is 35.9 Å². The lowest BCUT2D eigenvalue weighted by Gasteiger charge is -2.17. The lowest BCUT2D eigenvalue weighted by Crippen LogP contribution is -2.20. The molecule has 2 N–H and O–H groups in total. The van der Waals surface area contributed by atoms with Gasteiger partial charge in [-0.2, -0.15) is 0 Å². The minimum absolute atomic E-state index is 0.0167. The Kier molecular flexibility index (Phi) is 4.77. The van der Waals surface area contributed by atoms with E-state index < -0.39 is 0 Å². The van der Waals surface area contributed by atoms with Crippen LogP contribution >= 0.6 is 11.6 Å². The number of ether oxygens (including phenoxy) is 1. The Balaban J connectivity index is 2.06. The van der Waals surface area contributed by atoms with E-state index in [2.05, 4.69) is 0 Å². The molecule has 19 heavy (non-hydrogen) atoms. The molecule has 0 spiro atoms.